The first-order valence-corrected chi connectivity index (χ1v) is 10.5. The number of hydrogen-bond donors (Lipinski definition) is 1. The van der Waals surface area contributed by atoms with Gasteiger partial charge in [0.05, 0.1) is 18.7 Å². The number of aliphatic hydroxyl groups is 1. The average molecular weight is 445 g/mol. The van der Waals surface area contributed by atoms with Crippen molar-refractivity contribution in [2.75, 3.05) is 12.0 Å². The van der Waals surface area contributed by atoms with Crippen LogP contribution in [0.15, 0.2) is 66.2 Å². The lowest BCUT2D eigenvalue weighted by atomic mass is 9.94. The number of benzene rings is 3. The predicted octanol–water partition coefficient (Wildman–Crippen LogP) is 5.39. The molecule has 0 radical (unpaired) electrons. The fourth-order valence-electron chi connectivity index (χ4n) is 4.15. The van der Waals surface area contributed by atoms with Crippen LogP contribution in [-0.2, 0) is 9.59 Å². The van der Waals surface area contributed by atoms with Crippen LogP contribution in [-0.4, -0.2) is 23.9 Å². The van der Waals surface area contributed by atoms with Gasteiger partial charge >= 0.3 is 0 Å². The van der Waals surface area contributed by atoms with Crippen LogP contribution >= 0.6 is 0 Å². The van der Waals surface area contributed by atoms with Gasteiger partial charge < -0.3 is 9.84 Å². The van der Waals surface area contributed by atoms with Gasteiger partial charge in [0.1, 0.15) is 17.3 Å². The van der Waals surface area contributed by atoms with E-state index >= 15 is 0 Å². The summed E-state index contributed by atoms with van der Waals surface area (Å²) in [6.45, 7) is 5.38. The normalized spacial score (nSPS) is 17.5. The summed E-state index contributed by atoms with van der Waals surface area (Å²) in [6, 6.07) is 15.8. The Morgan fingerprint density at radius 1 is 0.970 bits per heavy atom. The molecule has 1 unspecified atom stereocenters. The number of methoxy groups -OCH3 is 1. The third kappa shape index (κ3) is 3.78. The highest BCUT2D eigenvalue weighted by molar-refractivity contribution is 6.51. The van der Waals surface area contributed by atoms with Crippen LogP contribution in [0.3, 0.4) is 0 Å². The largest absolute Gasteiger partial charge is 0.507 e. The molecule has 0 aromatic heterocycles. The Bertz CT molecular complexity index is 1310. The molecule has 0 saturated carbocycles. The quantitative estimate of drug-likeness (QED) is 0.332. The number of carbonyl (C=O) groups excluding carboxylic acids is 2. The number of anilines is 1. The second kappa shape index (κ2) is 8.54. The zero-order valence-electron chi connectivity index (χ0n) is 18.8. The Kier molecular flexibility index (Phi) is 5.77. The first kappa shape index (κ1) is 22.3. The Labute approximate surface area is 191 Å². The minimum Gasteiger partial charge on any atom is -0.507 e. The summed E-state index contributed by atoms with van der Waals surface area (Å²) >= 11 is 0. The van der Waals surface area contributed by atoms with Crippen molar-refractivity contribution in [1.29, 1.82) is 0 Å². The minimum absolute atomic E-state index is 0.0554. The number of halogens is 1. The van der Waals surface area contributed by atoms with Gasteiger partial charge in [-0.3, -0.25) is 14.5 Å². The standard InChI is InChI=1S/C27H24FNO4/c1-15-7-5-10-22(17(15)3)29-24(18-8-6-9-20(14-18)33-4)23(26(31)27(29)32)25(30)19-11-12-21(28)16(2)13-19/h5-14,24,30H,1-4H3/b25-23+. The van der Waals surface area contributed by atoms with E-state index in [1.54, 1.807) is 37.3 Å². The smallest absolute Gasteiger partial charge is 0.300 e. The summed E-state index contributed by atoms with van der Waals surface area (Å²) in [6.07, 6.45) is 0. The van der Waals surface area contributed by atoms with Crippen LogP contribution < -0.4 is 9.64 Å². The van der Waals surface area contributed by atoms with Gasteiger partial charge in [0.2, 0.25) is 0 Å². The monoisotopic (exact) mass is 445 g/mol. The number of rotatable bonds is 4. The Morgan fingerprint density at radius 2 is 1.70 bits per heavy atom. The molecule has 1 aliphatic rings. The summed E-state index contributed by atoms with van der Waals surface area (Å²) in [4.78, 5) is 28.0. The summed E-state index contributed by atoms with van der Waals surface area (Å²) in [5.74, 6) is -1.76. The van der Waals surface area contributed by atoms with Gasteiger partial charge in [-0.1, -0.05) is 24.3 Å². The van der Waals surface area contributed by atoms with Gasteiger partial charge in [-0.15, -0.1) is 0 Å². The fraction of sp³-hybridized carbons (Fsp3) is 0.185. The lowest BCUT2D eigenvalue weighted by molar-refractivity contribution is -0.132. The van der Waals surface area contributed by atoms with Crippen molar-refractivity contribution in [3.05, 3.63) is 99.9 Å². The average Bonchev–Trinajstić information content (AvgIpc) is 3.07. The second-order valence-corrected chi connectivity index (χ2v) is 8.13. The molecule has 1 amide bonds. The van der Waals surface area contributed by atoms with E-state index < -0.39 is 23.5 Å². The second-order valence-electron chi connectivity index (χ2n) is 8.13. The number of Topliss-reactive ketones (excluding diaryl/α,β-unsaturated/α-hetero) is 1. The number of carbonyl (C=O) groups is 2. The molecule has 1 fully saturated rings. The number of ketones is 1. The van der Waals surface area contributed by atoms with Crippen LogP contribution in [0, 0.1) is 26.6 Å². The highest BCUT2D eigenvalue weighted by Gasteiger charge is 2.47. The molecule has 1 saturated heterocycles. The third-order valence-corrected chi connectivity index (χ3v) is 6.12. The van der Waals surface area contributed by atoms with E-state index in [4.69, 9.17) is 4.74 Å². The van der Waals surface area contributed by atoms with E-state index in [9.17, 15) is 19.1 Å². The fourth-order valence-corrected chi connectivity index (χ4v) is 4.15. The molecular formula is C27H24FNO4. The molecule has 0 spiro atoms. The maximum absolute atomic E-state index is 13.8. The van der Waals surface area contributed by atoms with Crippen molar-refractivity contribution in [1.82, 2.24) is 0 Å². The third-order valence-electron chi connectivity index (χ3n) is 6.12. The van der Waals surface area contributed by atoms with E-state index in [2.05, 4.69) is 0 Å². The molecule has 4 rings (SSSR count). The number of ether oxygens (including phenoxy) is 1. The maximum Gasteiger partial charge on any atom is 0.300 e. The molecule has 1 N–H and O–H groups in total. The van der Waals surface area contributed by atoms with Crippen molar-refractivity contribution in [3.63, 3.8) is 0 Å². The molecular weight excluding hydrogens is 421 g/mol. The SMILES string of the molecule is COc1cccc(C2/C(=C(\O)c3ccc(F)c(C)c3)C(=O)C(=O)N2c2cccc(C)c2C)c1. The molecule has 1 heterocycles. The molecule has 3 aromatic rings. The van der Waals surface area contributed by atoms with Crippen LogP contribution in [0.2, 0.25) is 0 Å². The maximum atomic E-state index is 13.8. The van der Waals surface area contributed by atoms with Crippen LogP contribution in [0.25, 0.3) is 5.76 Å². The van der Waals surface area contributed by atoms with Crippen LogP contribution in [0.4, 0.5) is 10.1 Å². The molecule has 5 nitrogen and oxygen atoms in total. The molecule has 0 bridgehead atoms. The van der Waals surface area contributed by atoms with E-state index in [0.29, 0.717) is 22.6 Å². The Balaban J connectivity index is 2.00. The van der Waals surface area contributed by atoms with Crippen molar-refractivity contribution in [2.24, 2.45) is 0 Å². The highest BCUT2D eigenvalue weighted by atomic mass is 19.1. The van der Waals surface area contributed by atoms with E-state index in [1.807, 2.05) is 26.0 Å². The lowest BCUT2D eigenvalue weighted by Gasteiger charge is -2.27. The topological polar surface area (TPSA) is 66.8 Å². The predicted molar refractivity (Wildman–Crippen MR) is 125 cm³/mol. The van der Waals surface area contributed by atoms with Crippen molar-refractivity contribution in [2.45, 2.75) is 26.8 Å². The van der Waals surface area contributed by atoms with Crippen molar-refractivity contribution in [3.8, 4) is 5.75 Å². The van der Waals surface area contributed by atoms with Gasteiger partial charge in [0, 0.05) is 11.3 Å². The van der Waals surface area contributed by atoms with Crippen LogP contribution in [0.1, 0.15) is 33.9 Å². The van der Waals surface area contributed by atoms with E-state index in [-0.39, 0.29) is 16.9 Å². The first-order valence-electron chi connectivity index (χ1n) is 10.5. The number of amides is 1. The number of hydrogen-bond acceptors (Lipinski definition) is 4. The first-order chi connectivity index (χ1) is 15.7. The summed E-state index contributed by atoms with van der Waals surface area (Å²) < 4.78 is 19.2. The Morgan fingerprint density at radius 3 is 2.39 bits per heavy atom. The number of aliphatic hydroxyl groups excluding tert-OH is 1. The van der Waals surface area contributed by atoms with Gasteiger partial charge in [0.25, 0.3) is 11.7 Å². The van der Waals surface area contributed by atoms with Gasteiger partial charge in [-0.25, -0.2) is 4.39 Å². The molecule has 1 atom stereocenters. The molecule has 1 aliphatic heterocycles. The summed E-state index contributed by atoms with van der Waals surface area (Å²) in [5, 5.41) is 11.2. The zero-order chi connectivity index (χ0) is 23.9. The number of aryl methyl sites for hydroxylation is 2. The van der Waals surface area contributed by atoms with E-state index in [1.165, 1.54) is 30.2 Å². The molecule has 168 valence electrons. The zero-order valence-corrected chi connectivity index (χ0v) is 18.8. The van der Waals surface area contributed by atoms with E-state index in [0.717, 1.165) is 11.1 Å². The summed E-state index contributed by atoms with van der Waals surface area (Å²) in [5.41, 5.74) is 3.54. The van der Waals surface area contributed by atoms with Crippen LogP contribution in [0.5, 0.6) is 5.75 Å². The van der Waals surface area contributed by atoms with Gasteiger partial charge in [-0.2, -0.15) is 0 Å². The molecule has 33 heavy (non-hydrogen) atoms. The Hall–Kier alpha value is -3.93. The highest BCUT2D eigenvalue weighted by Crippen LogP contribution is 2.44. The summed E-state index contributed by atoms with van der Waals surface area (Å²) in [7, 11) is 1.53. The van der Waals surface area contributed by atoms with Gasteiger partial charge in [-0.05, 0) is 79.4 Å². The molecule has 3 aromatic carbocycles. The lowest BCUT2D eigenvalue weighted by Crippen LogP contribution is -2.30. The van der Waals surface area contributed by atoms with Crippen molar-refractivity contribution < 1.29 is 23.8 Å². The molecule has 6 heteroatoms. The van der Waals surface area contributed by atoms with Crippen molar-refractivity contribution >= 4 is 23.1 Å². The molecule has 0 aliphatic carbocycles. The minimum atomic E-state index is -0.883. The van der Waals surface area contributed by atoms with Gasteiger partial charge in [0.15, 0.2) is 0 Å². The number of nitrogens with zero attached hydrogens (tertiary/aromatic N) is 1.